The Bertz CT molecular complexity index is 881. The van der Waals surface area contributed by atoms with Crippen LogP contribution in [0.4, 0.5) is 5.82 Å². The van der Waals surface area contributed by atoms with Gasteiger partial charge >= 0.3 is 11.9 Å². The highest BCUT2D eigenvalue weighted by molar-refractivity contribution is 5.97. The summed E-state index contributed by atoms with van der Waals surface area (Å²) in [6.45, 7) is 3.68. The number of hydrogen-bond acceptors (Lipinski definition) is 5. The Morgan fingerprint density at radius 3 is 2.40 bits per heavy atom. The van der Waals surface area contributed by atoms with Crippen molar-refractivity contribution >= 4 is 11.7 Å². The summed E-state index contributed by atoms with van der Waals surface area (Å²) in [5.41, 5.74) is 0.252. The summed E-state index contributed by atoms with van der Waals surface area (Å²) in [5.74, 6) is -0.861. The standard InChI is InChI=1S/C16H18N4O5/c1-8(2)19-14-12(15(21)18-19)11(13(20(23)24)16(22)17-14)9-4-6-10(25-3)7-5-9/h4-8,11,13H,1-3H3,(H,17,22)(H,18,21)/t11-,13+/m1/s1. The van der Waals surface area contributed by atoms with Crippen molar-refractivity contribution < 1.29 is 14.5 Å². The molecule has 2 heterocycles. The quantitative estimate of drug-likeness (QED) is 0.642. The second-order valence-corrected chi connectivity index (χ2v) is 6.14. The molecule has 0 aliphatic carbocycles. The van der Waals surface area contributed by atoms with Gasteiger partial charge in [-0.25, -0.2) is 0 Å². The number of rotatable bonds is 4. The number of nitro groups is 1. The number of anilines is 1. The van der Waals surface area contributed by atoms with Gasteiger partial charge in [0, 0.05) is 11.0 Å². The van der Waals surface area contributed by atoms with E-state index in [0.29, 0.717) is 11.3 Å². The molecule has 25 heavy (non-hydrogen) atoms. The number of aromatic nitrogens is 2. The molecule has 0 saturated heterocycles. The molecule has 0 unspecified atom stereocenters. The van der Waals surface area contributed by atoms with E-state index in [-0.39, 0.29) is 17.4 Å². The molecule has 0 radical (unpaired) electrons. The number of H-pyrrole nitrogens is 1. The number of ether oxygens (including phenoxy) is 1. The number of nitrogens with zero attached hydrogens (tertiary/aromatic N) is 2. The normalized spacial score (nSPS) is 19.4. The Labute approximate surface area is 142 Å². The first kappa shape index (κ1) is 16.7. The molecule has 1 aliphatic rings. The molecule has 132 valence electrons. The van der Waals surface area contributed by atoms with Crippen LogP contribution in [0.25, 0.3) is 0 Å². The third kappa shape index (κ3) is 2.67. The molecule has 0 saturated carbocycles. The van der Waals surface area contributed by atoms with E-state index in [1.807, 2.05) is 13.8 Å². The second kappa shape index (κ2) is 6.08. The number of aromatic amines is 1. The van der Waals surface area contributed by atoms with Crippen molar-refractivity contribution in [3.63, 3.8) is 0 Å². The van der Waals surface area contributed by atoms with Crippen molar-refractivity contribution in [2.45, 2.75) is 31.8 Å². The molecule has 1 aromatic carbocycles. The third-order valence-corrected chi connectivity index (χ3v) is 4.32. The van der Waals surface area contributed by atoms with Crippen LogP contribution in [0.15, 0.2) is 29.1 Å². The van der Waals surface area contributed by atoms with E-state index in [0.717, 1.165) is 0 Å². The van der Waals surface area contributed by atoms with E-state index in [9.17, 15) is 19.7 Å². The topological polar surface area (TPSA) is 119 Å². The van der Waals surface area contributed by atoms with E-state index in [2.05, 4.69) is 10.4 Å². The zero-order chi connectivity index (χ0) is 18.3. The highest BCUT2D eigenvalue weighted by Crippen LogP contribution is 2.37. The molecule has 2 atom stereocenters. The van der Waals surface area contributed by atoms with Gasteiger partial charge in [0.05, 0.1) is 18.6 Å². The molecular weight excluding hydrogens is 328 g/mol. The number of benzene rings is 1. The molecule has 3 rings (SSSR count). The van der Waals surface area contributed by atoms with Crippen LogP contribution in [-0.2, 0) is 4.79 Å². The molecule has 1 amide bonds. The van der Waals surface area contributed by atoms with Crippen LogP contribution >= 0.6 is 0 Å². The highest BCUT2D eigenvalue weighted by atomic mass is 16.6. The maximum absolute atomic E-state index is 12.5. The minimum absolute atomic E-state index is 0.125. The SMILES string of the molecule is COc1ccc([C@@H]2c3c(n(C(C)C)[nH]c3=O)NC(=O)[C@H]2[N+](=O)[O-])cc1. The number of amides is 1. The van der Waals surface area contributed by atoms with Crippen molar-refractivity contribution in [2.24, 2.45) is 0 Å². The molecule has 2 N–H and O–H groups in total. The maximum atomic E-state index is 12.5. The summed E-state index contributed by atoms with van der Waals surface area (Å²) >= 11 is 0. The Kier molecular flexibility index (Phi) is 4.07. The molecule has 2 aromatic rings. The zero-order valence-corrected chi connectivity index (χ0v) is 14.0. The highest BCUT2D eigenvalue weighted by Gasteiger charge is 2.48. The van der Waals surface area contributed by atoms with Crippen LogP contribution in [0.5, 0.6) is 5.75 Å². The van der Waals surface area contributed by atoms with Gasteiger partial charge in [0.15, 0.2) is 0 Å². The summed E-state index contributed by atoms with van der Waals surface area (Å²) in [6, 6.07) is 4.85. The largest absolute Gasteiger partial charge is 0.497 e. The Balaban J connectivity index is 2.23. The van der Waals surface area contributed by atoms with Crippen molar-refractivity contribution in [3.05, 3.63) is 55.9 Å². The van der Waals surface area contributed by atoms with Gasteiger partial charge < -0.3 is 10.1 Å². The first-order valence-electron chi connectivity index (χ1n) is 7.77. The number of carbonyl (C=O) groups excluding carboxylic acids is 1. The molecule has 0 bridgehead atoms. The lowest BCUT2D eigenvalue weighted by atomic mass is 9.83. The number of nitrogens with one attached hydrogen (secondary N) is 2. The number of methoxy groups -OCH3 is 1. The van der Waals surface area contributed by atoms with Crippen LogP contribution in [0.2, 0.25) is 0 Å². The molecular formula is C16H18N4O5. The first-order chi connectivity index (χ1) is 11.8. The van der Waals surface area contributed by atoms with Crippen LogP contribution in [-0.4, -0.2) is 33.8 Å². The van der Waals surface area contributed by atoms with E-state index in [4.69, 9.17) is 4.74 Å². The summed E-state index contributed by atoms with van der Waals surface area (Å²) in [4.78, 5) is 35.8. The van der Waals surface area contributed by atoms with Gasteiger partial charge in [0.2, 0.25) is 0 Å². The van der Waals surface area contributed by atoms with E-state index >= 15 is 0 Å². The predicted molar refractivity (Wildman–Crippen MR) is 89.7 cm³/mol. The lowest BCUT2D eigenvalue weighted by Crippen LogP contribution is -2.45. The summed E-state index contributed by atoms with van der Waals surface area (Å²) in [7, 11) is 1.51. The van der Waals surface area contributed by atoms with Crippen molar-refractivity contribution in [3.8, 4) is 5.75 Å². The maximum Gasteiger partial charge on any atom is 0.301 e. The van der Waals surface area contributed by atoms with Crippen molar-refractivity contribution in [2.75, 3.05) is 12.4 Å². The van der Waals surface area contributed by atoms with Gasteiger partial charge in [0.1, 0.15) is 11.6 Å². The smallest absolute Gasteiger partial charge is 0.301 e. The second-order valence-electron chi connectivity index (χ2n) is 6.14. The van der Waals surface area contributed by atoms with Crippen LogP contribution < -0.4 is 15.6 Å². The van der Waals surface area contributed by atoms with Crippen molar-refractivity contribution in [1.29, 1.82) is 0 Å². The average Bonchev–Trinajstić information content (AvgIpc) is 2.90. The first-order valence-corrected chi connectivity index (χ1v) is 7.77. The molecule has 0 fully saturated rings. The Morgan fingerprint density at radius 2 is 1.88 bits per heavy atom. The molecule has 1 aromatic heterocycles. The summed E-state index contributed by atoms with van der Waals surface area (Å²) in [6.07, 6.45) is 0. The van der Waals surface area contributed by atoms with Gasteiger partial charge in [0.25, 0.3) is 5.56 Å². The lowest BCUT2D eigenvalue weighted by Gasteiger charge is -2.26. The fraction of sp³-hybridized carbons (Fsp3) is 0.375. The lowest BCUT2D eigenvalue weighted by molar-refractivity contribution is -0.509. The van der Waals surface area contributed by atoms with Gasteiger partial charge in [-0.1, -0.05) is 12.1 Å². The van der Waals surface area contributed by atoms with Crippen LogP contribution in [0.3, 0.4) is 0 Å². The van der Waals surface area contributed by atoms with Crippen LogP contribution in [0.1, 0.15) is 36.9 Å². The predicted octanol–water partition coefficient (Wildman–Crippen LogP) is 1.50. The molecule has 0 spiro atoms. The number of fused-ring (bicyclic) bond motifs is 1. The Morgan fingerprint density at radius 1 is 1.24 bits per heavy atom. The molecule has 9 nitrogen and oxygen atoms in total. The third-order valence-electron chi connectivity index (χ3n) is 4.32. The zero-order valence-electron chi connectivity index (χ0n) is 14.0. The van der Waals surface area contributed by atoms with E-state index in [1.165, 1.54) is 11.8 Å². The van der Waals surface area contributed by atoms with Crippen molar-refractivity contribution in [1.82, 2.24) is 9.78 Å². The fourth-order valence-corrected chi connectivity index (χ4v) is 3.14. The average molecular weight is 346 g/mol. The van der Waals surface area contributed by atoms with Gasteiger partial charge in [-0.2, -0.15) is 0 Å². The number of carbonyl (C=O) groups is 1. The molecule has 1 aliphatic heterocycles. The van der Waals surface area contributed by atoms with Gasteiger partial charge in [-0.3, -0.25) is 29.5 Å². The Hall–Kier alpha value is -3.10. The summed E-state index contributed by atoms with van der Waals surface area (Å²) in [5, 5.41) is 16.7. The molecule has 9 heteroatoms. The summed E-state index contributed by atoms with van der Waals surface area (Å²) < 4.78 is 6.61. The van der Waals surface area contributed by atoms with Gasteiger partial charge in [-0.15, -0.1) is 0 Å². The van der Waals surface area contributed by atoms with Crippen LogP contribution in [0, 0.1) is 10.1 Å². The minimum Gasteiger partial charge on any atom is -0.497 e. The number of hydrogen-bond donors (Lipinski definition) is 2. The van der Waals surface area contributed by atoms with E-state index < -0.39 is 28.3 Å². The van der Waals surface area contributed by atoms with E-state index in [1.54, 1.807) is 24.3 Å². The van der Waals surface area contributed by atoms with Gasteiger partial charge in [-0.05, 0) is 31.5 Å². The fourth-order valence-electron chi connectivity index (χ4n) is 3.14. The minimum atomic E-state index is -1.58. The monoisotopic (exact) mass is 346 g/mol.